The molecule has 0 aromatic carbocycles. The monoisotopic (exact) mass is 197 g/mol. The summed E-state index contributed by atoms with van der Waals surface area (Å²) in [4.78, 5) is 0. The normalized spacial score (nSPS) is 29.6. The minimum atomic E-state index is 0.454. The first-order valence-electron chi connectivity index (χ1n) is 5.35. The van der Waals surface area contributed by atoms with Gasteiger partial charge in [0.05, 0.1) is 6.54 Å². The molecule has 3 heteroatoms. The molecule has 0 aromatic rings. The zero-order valence-corrected chi connectivity index (χ0v) is 9.01. The second-order valence-electron chi connectivity index (χ2n) is 4.76. The van der Waals surface area contributed by atoms with Gasteiger partial charge in [0.1, 0.15) is 25.2 Å². The highest BCUT2D eigenvalue weighted by molar-refractivity contribution is 4.99. The molecule has 0 spiro atoms. The molecule has 3 nitrogen and oxygen atoms in total. The lowest BCUT2D eigenvalue weighted by atomic mass is 9.67. The molecule has 1 aliphatic carbocycles. The summed E-state index contributed by atoms with van der Waals surface area (Å²) in [6.45, 7) is 6.77. The predicted molar refractivity (Wildman–Crippen MR) is 54.8 cm³/mol. The minimum absolute atomic E-state index is 0.454. The number of hydrogen-bond donors (Lipinski definition) is 1. The maximum Gasteiger partial charge on any atom is 0.144 e. The Balaban J connectivity index is 1.74. The van der Waals surface area contributed by atoms with Gasteiger partial charge in [0.2, 0.25) is 0 Å². The Morgan fingerprint density at radius 2 is 2.36 bits per heavy atom. The molecule has 0 amide bonds. The van der Waals surface area contributed by atoms with Crippen molar-refractivity contribution in [3.05, 3.63) is 12.0 Å². The van der Waals surface area contributed by atoms with Crippen LogP contribution in [0.5, 0.6) is 0 Å². The van der Waals surface area contributed by atoms with Crippen LogP contribution in [0.3, 0.4) is 0 Å². The Bertz CT molecular complexity index is 235. The Hall–Kier alpha value is -0.700. The van der Waals surface area contributed by atoms with Crippen molar-refractivity contribution in [1.29, 1.82) is 0 Å². The fraction of sp³-hybridized carbons (Fsp3) is 0.818. The number of rotatable bonds is 3. The van der Waals surface area contributed by atoms with Gasteiger partial charge in [-0.25, -0.2) is 0 Å². The van der Waals surface area contributed by atoms with Crippen molar-refractivity contribution in [2.45, 2.75) is 32.7 Å². The predicted octanol–water partition coefficient (Wildman–Crippen LogP) is 1.65. The van der Waals surface area contributed by atoms with E-state index < -0.39 is 0 Å². The second kappa shape index (κ2) is 3.81. The fourth-order valence-corrected chi connectivity index (χ4v) is 1.97. The van der Waals surface area contributed by atoms with E-state index in [0.717, 1.165) is 12.3 Å². The van der Waals surface area contributed by atoms with Gasteiger partial charge in [-0.3, -0.25) is 0 Å². The SMILES string of the molecule is CC1(C)CCC1NCC1=COCCO1. The molecule has 1 aliphatic heterocycles. The minimum Gasteiger partial charge on any atom is -0.494 e. The highest BCUT2D eigenvalue weighted by atomic mass is 16.6. The van der Waals surface area contributed by atoms with E-state index in [1.54, 1.807) is 6.26 Å². The summed E-state index contributed by atoms with van der Waals surface area (Å²) in [5, 5.41) is 3.51. The molecule has 1 N–H and O–H groups in total. The highest BCUT2D eigenvalue weighted by Crippen LogP contribution is 2.39. The van der Waals surface area contributed by atoms with Crippen LogP contribution in [-0.2, 0) is 9.47 Å². The zero-order valence-electron chi connectivity index (χ0n) is 9.01. The Labute approximate surface area is 85.5 Å². The first kappa shape index (κ1) is 9.84. The quantitative estimate of drug-likeness (QED) is 0.746. The van der Waals surface area contributed by atoms with Gasteiger partial charge >= 0.3 is 0 Å². The molecule has 80 valence electrons. The number of ether oxygens (including phenoxy) is 2. The van der Waals surface area contributed by atoms with Gasteiger partial charge in [-0.05, 0) is 18.3 Å². The number of hydrogen-bond acceptors (Lipinski definition) is 3. The molecule has 2 rings (SSSR count). The molecule has 1 saturated carbocycles. The van der Waals surface area contributed by atoms with E-state index in [1.165, 1.54) is 12.8 Å². The summed E-state index contributed by atoms with van der Waals surface area (Å²) in [5.41, 5.74) is 0.454. The summed E-state index contributed by atoms with van der Waals surface area (Å²) in [7, 11) is 0. The van der Waals surface area contributed by atoms with Crippen LogP contribution < -0.4 is 5.32 Å². The molecule has 0 bridgehead atoms. The summed E-state index contributed by atoms with van der Waals surface area (Å²) in [6.07, 6.45) is 4.32. The van der Waals surface area contributed by atoms with Crippen LogP contribution in [0.25, 0.3) is 0 Å². The first-order valence-corrected chi connectivity index (χ1v) is 5.35. The first-order chi connectivity index (χ1) is 6.68. The maximum absolute atomic E-state index is 5.44. The smallest absolute Gasteiger partial charge is 0.144 e. The Morgan fingerprint density at radius 1 is 1.50 bits per heavy atom. The van der Waals surface area contributed by atoms with E-state index in [0.29, 0.717) is 24.7 Å². The van der Waals surface area contributed by atoms with Crippen LogP contribution in [-0.4, -0.2) is 25.8 Å². The van der Waals surface area contributed by atoms with Gasteiger partial charge in [0, 0.05) is 6.04 Å². The van der Waals surface area contributed by atoms with Crippen molar-refractivity contribution in [2.24, 2.45) is 5.41 Å². The molecule has 1 unspecified atom stereocenters. The lowest BCUT2D eigenvalue weighted by Crippen LogP contribution is -2.50. The lowest BCUT2D eigenvalue weighted by molar-refractivity contribution is 0.0687. The summed E-state index contributed by atoms with van der Waals surface area (Å²) >= 11 is 0. The topological polar surface area (TPSA) is 30.5 Å². The van der Waals surface area contributed by atoms with Crippen LogP contribution in [0.2, 0.25) is 0 Å². The zero-order chi connectivity index (χ0) is 10.0. The molecule has 1 heterocycles. The molecular formula is C11H19NO2. The molecule has 0 saturated heterocycles. The molecule has 1 fully saturated rings. The largest absolute Gasteiger partial charge is 0.494 e. The third-order valence-corrected chi connectivity index (χ3v) is 3.25. The third kappa shape index (κ3) is 2.03. The fourth-order valence-electron chi connectivity index (χ4n) is 1.97. The van der Waals surface area contributed by atoms with Crippen LogP contribution in [0.15, 0.2) is 12.0 Å². The average Bonchev–Trinajstić information content (AvgIpc) is 2.18. The van der Waals surface area contributed by atoms with E-state index in [2.05, 4.69) is 19.2 Å². The van der Waals surface area contributed by atoms with Gasteiger partial charge < -0.3 is 14.8 Å². The summed E-state index contributed by atoms with van der Waals surface area (Å²) in [6, 6.07) is 0.633. The van der Waals surface area contributed by atoms with Crippen LogP contribution in [0.1, 0.15) is 26.7 Å². The van der Waals surface area contributed by atoms with Gasteiger partial charge in [-0.2, -0.15) is 0 Å². The van der Waals surface area contributed by atoms with Gasteiger partial charge in [-0.1, -0.05) is 13.8 Å². The van der Waals surface area contributed by atoms with Crippen LogP contribution >= 0.6 is 0 Å². The van der Waals surface area contributed by atoms with E-state index in [1.807, 2.05) is 0 Å². The lowest BCUT2D eigenvalue weighted by Gasteiger charge is -2.45. The van der Waals surface area contributed by atoms with Crippen molar-refractivity contribution < 1.29 is 9.47 Å². The molecule has 1 atom stereocenters. The van der Waals surface area contributed by atoms with E-state index >= 15 is 0 Å². The molecule has 0 radical (unpaired) electrons. The standard InChI is InChI=1S/C11H19NO2/c1-11(2)4-3-10(11)12-7-9-8-13-5-6-14-9/h8,10,12H,3-7H2,1-2H3. The van der Waals surface area contributed by atoms with Gasteiger partial charge in [0.25, 0.3) is 0 Å². The molecular weight excluding hydrogens is 178 g/mol. The van der Waals surface area contributed by atoms with Crippen LogP contribution in [0, 0.1) is 5.41 Å². The third-order valence-electron chi connectivity index (χ3n) is 3.25. The van der Waals surface area contributed by atoms with Gasteiger partial charge in [-0.15, -0.1) is 0 Å². The van der Waals surface area contributed by atoms with Crippen LogP contribution in [0.4, 0.5) is 0 Å². The molecule has 0 aromatic heterocycles. The van der Waals surface area contributed by atoms with E-state index in [9.17, 15) is 0 Å². The van der Waals surface area contributed by atoms with Crippen molar-refractivity contribution in [3.63, 3.8) is 0 Å². The molecule has 14 heavy (non-hydrogen) atoms. The average molecular weight is 197 g/mol. The highest BCUT2D eigenvalue weighted by Gasteiger charge is 2.37. The Kier molecular flexibility index (Phi) is 2.68. The van der Waals surface area contributed by atoms with E-state index in [-0.39, 0.29) is 0 Å². The summed E-state index contributed by atoms with van der Waals surface area (Å²) in [5.74, 6) is 0.930. The van der Waals surface area contributed by atoms with Crippen molar-refractivity contribution >= 4 is 0 Å². The second-order valence-corrected chi connectivity index (χ2v) is 4.76. The van der Waals surface area contributed by atoms with Gasteiger partial charge in [0.15, 0.2) is 0 Å². The van der Waals surface area contributed by atoms with Crippen molar-refractivity contribution in [1.82, 2.24) is 5.32 Å². The van der Waals surface area contributed by atoms with E-state index in [4.69, 9.17) is 9.47 Å². The Morgan fingerprint density at radius 3 is 2.86 bits per heavy atom. The molecule has 2 aliphatic rings. The maximum atomic E-state index is 5.44. The number of nitrogens with one attached hydrogen (secondary N) is 1. The van der Waals surface area contributed by atoms with Crippen molar-refractivity contribution in [3.8, 4) is 0 Å². The summed E-state index contributed by atoms with van der Waals surface area (Å²) < 4.78 is 10.6. The van der Waals surface area contributed by atoms with Crippen molar-refractivity contribution in [2.75, 3.05) is 19.8 Å².